The summed E-state index contributed by atoms with van der Waals surface area (Å²) >= 11 is 0. The van der Waals surface area contributed by atoms with Gasteiger partial charge in [0, 0.05) is 29.7 Å². The standard InChI is InChI=1S/C20H14N2O5/c23-17-14-6-4-13(22-19(24)20(25)26)9-16(14)27-18-12(3-5-15(17)18)8-11-2-1-7-21-10-11/h1-2,4,6-10H,3,5H2,(H,22,24)(H,25,26). The number of nitrogens with one attached hydrogen (secondary N) is 1. The van der Waals surface area contributed by atoms with Crippen molar-refractivity contribution in [1.82, 2.24) is 4.98 Å². The molecule has 0 radical (unpaired) electrons. The molecule has 0 aliphatic heterocycles. The third-order valence-electron chi connectivity index (χ3n) is 4.40. The zero-order valence-electron chi connectivity index (χ0n) is 14.1. The van der Waals surface area contributed by atoms with Crippen LogP contribution in [0.3, 0.4) is 0 Å². The number of carboxylic acids is 1. The molecule has 27 heavy (non-hydrogen) atoms. The number of rotatable bonds is 2. The van der Waals surface area contributed by atoms with Crippen molar-refractivity contribution in [3.63, 3.8) is 0 Å². The average molecular weight is 362 g/mol. The normalized spacial score (nSPS) is 14.3. The van der Waals surface area contributed by atoms with Crippen LogP contribution in [0.5, 0.6) is 0 Å². The lowest BCUT2D eigenvalue weighted by Crippen LogP contribution is -2.21. The van der Waals surface area contributed by atoms with Crippen LogP contribution in [0.1, 0.15) is 23.3 Å². The van der Waals surface area contributed by atoms with Crippen LogP contribution in [0.2, 0.25) is 0 Å². The highest BCUT2D eigenvalue weighted by Gasteiger charge is 2.24. The van der Waals surface area contributed by atoms with E-state index in [1.165, 1.54) is 18.2 Å². The number of amides is 1. The predicted molar refractivity (Wildman–Crippen MR) is 99.2 cm³/mol. The van der Waals surface area contributed by atoms with Crippen LogP contribution >= 0.6 is 0 Å². The maximum atomic E-state index is 12.8. The third kappa shape index (κ3) is 3.10. The van der Waals surface area contributed by atoms with Crippen LogP contribution < -0.4 is 10.7 Å². The van der Waals surface area contributed by atoms with Gasteiger partial charge in [0.15, 0.2) is 5.43 Å². The zero-order valence-corrected chi connectivity index (χ0v) is 14.1. The Hall–Kier alpha value is -3.74. The van der Waals surface area contributed by atoms with Crippen molar-refractivity contribution in [2.45, 2.75) is 12.8 Å². The van der Waals surface area contributed by atoms with E-state index in [0.717, 1.165) is 11.1 Å². The lowest BCUT2D eigenvalue weighted by Gasteiger charge is -2.06. The highest BCUT2D eigenvalue weighted by atomic mass is 16.4. The number of hydrogen-bond acceptors (Lipinski definition) is 5. The van der Waals surface area contributed by atoms with Crippen LogP contribution in [0.25, 0.3) is 22.6 Å². The van der Waals surface area contributed by atoms with Gasteiger partial charge in [-0.1, -0.05) is 6.07 Å². The van der Waals surface area contributed by atoms with E-state index in [1.807, 2.05) is 18.2 Å². The van der Waals surface area contributed by atoms with Crippen LogP contribution in [0, 0.1) is 0 Å². The molecule has 1 amide bonds. The van der Waals surface area contributed by atoms with Crippen molar-refractivity contribution in [1.29, 1.82) is 0 Å². The summed E-state index contributed by atoms with van der Waals surface area (Å²) < 4.78 is 5.97. The lowest BCUT2D eigenvalue weighted by atomic mass is 10.1. The molecule has 2 heterocycles. The quantitative estimate of drug-likeness (QED) is 0.678. The predicted octanol–water partition coefficient (Wildman–Crippen LogP) is 2.70. The van der Waals surface area contributed by atoms with Gasteiger partial charge in [-0.3, -0.25) is 14.6 Å². The second-order valence-electron chi connectivity index (χ2n) is 6.17. The van der Waals surface area contributed by atoms with E-state index in [0.29, 0.717) is 35.1 Å². The van der Waals surface area contributed by atoms with Crippen molar-refractivity contribution in [3.8, 4) is 0 Å². The molecule has 0 spiro atoms. The fraction of sp³-hybridized carbons (Fsp3) is 0.100. The number of carboxylic acid groups (broad SMARTS) is 1. The van der Waals surface area contributed by atoms with E-state index in [9.17, 15) is 14.4 Å². The Kier molecular flexibility index (Phi) is 4.04. The molecule has 4 rings (SSSR count). The number of hydrogen-bond donors (Lipinski definition) is 2. The number of carbonyl (C=O) groups is 2. The molecular formula is C20H14N2O5. The molecule has 2 aromatic heterocycles. The molecule has 1 aromatic carbocycles. The van der Waals surface area contributed by atoms with Crippen molar-refractivity contribution in [2.75, 3.05) is 5.32 Å². The molecule has 0 bridgehead atoms. The summed E-state index contributed by atoms with van der Waals surface area (Å²) in [5.74, 6) is -2.22. The molecule has 0 saturated heterocycles. The molecule has 3 aromatic rings. The van der Waals surface area contributed by atoms with Gasteiger partial charge in [0.05, 0.1) is 5.39 Å². The van der Waals surface area contributed by atoms with E-state index in [-0.39, 0.29) is 11.1 Å². The van der Waals surface area contributed by atoms with E-state index < -0.39 is 11.9 Å². The van der Waals surface area contributed by atoms with Crippen LogP contribution in [-0.2, 0) is 16.0 Å². The molecule has 1 aliphatic carbocycles. The molecule has 7 nitrogen and oxygen atoms in total. The number of fused-ring (bicyclic) bond motifs is 2. The summed E-state index contributed by atoms with van der Waals surface area (Å²) in [5.41, 5.74) is 2.86. The summed E-state index contributed by atoms with van der Waals surface area (Å²) in [7, 11) is 0. The molecule has 0 unspecified atom stereocenters. The average Bonchev–Trinajstić information content (AvgIpc) is 3.05. The van der Waals surface area contributed by atoms with E-state index in [4.69, 9.17) is 9.52 Å². The number of allylic oxidation sites excluding steroid dienone is 1. The monoisotopic (exact) mass is 362 g/mol. The first-order valence-corrected chi connectivity index (χ1v) is 8.28. The van der Waals surface area contributed by atoms with Gasteiger partial charge < -0.3 is 14.8 Å². The van der Waals surface area contributed by atoms with Gasteiger partial charge in [-0.05, 0) is 48.3 Å². The van der Waals surface area contributed by atoms with E-state index in [2.05, 4.69) is 10.3 Å². The number of carbonyl (C=O) groups excluding carboxylic acids is 1. The van der Waals surface area contributed by atoms with Gasteiger partial charge >= 0.3 is 11.9 Å². The Morgan fingerprint density at radius 1 is 1.22 bits per heavy atom. The number of nitrogens with zero attached hydrogens (tertiary/aromatic N) is 1. The molecule has 7 heteroatoms. The van der Waals surface area contributed by atoms with Gasteiger partial charge in [0.1, 0.15) is 11.3 Å². The molecule has 0 atom stereocenters. The van der Waals surface area contributed by atoms with Crippen molar-refractivity contribution < 1.29 is 19.1 Å². The summed E-state index contributed by atoms with van der Waals surface area (Å²) in [4.78, 5) is 38.9. The minimum Gasteiger partial charge on any atom is -0.474 e. The van der Waals surface area contributed by atoms with Crippen LogP contribution in [-0.4, -0.2) is 22.0 Å². The highest BCUT2D eigenvalue weighted by molar-refractivity contribution is 6.36. The maximum Gasteiger partial charge on any atom is 0.394 e. The first-order valence-electron chi connectivity index (χ1n) is 8.28. The summed E-state index contributed by atoms with van der Waals surface area (Å²) in [6, 6.07) is 8.21. The number of aromatic nitrogens is 1. The van der Waals surface area contributed by atoms with Crippen molar-refractivity contribution in [2.24, 2.45) is 0 Å². The van der Waals surface area contributed by atoms with Gasteiger partial charge in [0.25, 0.3) is 0 Å². The smallest absolute Gasteiger partial charge is 0.394 e. The second-order valence-corrected chi connectivity index (χ2v) is 6.17. The number of aliphatic carboxylic acids is 1. The van der Waals surface area contributed by atoms with Crippen molar-refractivity contribution >= 4 is 40.2 Å². The SMILES string of the molecule is O=C(O)C(=O)Nc1ccc2c(=O)c3c(oc2c1)C(=Cc1cccnc1)CC3. The Labute approximate surface area is 153 Å². The van der Waals surface area contributed by atoms with Crippen LogP contribution in [0.4, 0.5) is 5.69 Å². The minimum atomic E-state index is -1.59. The van der Waals surface area contributed by atoms with Crippen LogP contribution in [0.15, 0.2) is 51.9 Å². The van der Waals surface area contributed by atoms with E-state index in [1.54, 1.807) is 12.4 Å². The topological polar surface area (TPSA) is 110 Å². The minimum absolute atomic E-state index is 0.114. The van der Waals surface area contributed by atoms with Gasteiger partial charge in [-0.2, -0.15) is 0 Å². The Balaban J connectivity index is 1.80. The van der Waals surface area contributed by atoms with E-state index >= 15 is 0 Å². The molecule has 0 fully saturated rings. The first-order chi connectivity index (χ1) is 13.0. The summed E-state index contributed by atoms with van der Waals surface area (Å²) in [6.45, 7) is 0. The Bertz CT molecular complexity index is 1160. The van der Waals surface area contributed by atoms with Crippen molar-refractivity contribution in [3.05, 3.63) is 69.8 Å². The Morgan fingerprint density at radius 3 is 2.81 bits per heavy atom. The van der Waals surface area contributed by atoms with Gasteiger partial charge in [-0.15, -0.1) is 0 Å². The molecular weight excluding hydrogens is 348 g/mol. The molecule has 2 N–H and O–H groups in total. The number of anilines is 1. The maximum absolute atomic E-state index is 12.8. The second kappa shape index (κ2) is 6.53. The summed E-state index contributed by atoms with van der Waals surface area (Å²) in [5, 5.41) is 11.3. The lowest BCUT2D eigenvalue weighted by molar-refractivity contribution is -0.147. The largest absolute Gasteiger partial charge is 0.474 e. The number of benzene rings is 1. The number of pyridine rings is 1. The fourth-order valence-corrected chi connectivity index (χ4v) is 3.15. The fourth-order valence-electron chi connectivity index (χ4n) is 3.15. The Morgan fingerprint density at radius 2 is 2.07 bits per heavy atom. The zero-order chi connectivity index (χ0) is 19.0. The molecule has 1 aliphatic rings. The molecule has 0 saturated carbocycles. The van der Waals surface area contributed by atoms with Gasteiger partial charge in [0.2, 0.25) is 0 Å². The highest BCUT2D eigenvalue weighted by Crippen LogP contribution is 2.34. The van der Waals surface area contributed by atoms with Gasteiger partial charge in [-0.25, -0.2) is 4.79 Å². The summed E-state index contributed by atoms with van der Waals surface area (Å²) in [6.07, 6.45) is 6.62. The molecule has 134 valence electrons. The third-order valence-corrected chi connectivity index (χ3v) is 4.40. The first kappa shape index (κ1) is 16.7.